The number of Topliss-reactive ketones (excluding diaryl/α,β-unsaturated/α-hetero) is 4. The number of nitrogens with two attached hydrogens (primary N) is 2. The van der Waals surface area contributed by atoms with Crippen LogP contribution >= 0.6 is 0 Å². The average Bonchev–Trinajstić information content (AvgIpc) is 2.88. The Morgan fingerprint density at radius 2 is 0.922 bits per heavy atom. The summed E-state index contributed by atoms with van der Waals surface area (Å²) in [4.78, 5) is 73.7. The first kappa shape index (κ1) is 46.2. The average molecular weight is 719 g/mol. The fourth-order valence-corrected chi connectivity index (χ4v) is 7.42. The Balaban J connectivity index is 0.000000510. The van der Waals surface area contributed by atoms with Gasteiger partial charge in [0.25, 0.3) is 0 Å². The number of rotatable bonds is 17. The maximum atomic E-state index is 13.2. The van der Waals surface area contributed by atoms with Gasteiger partial charge >= 0.3 is 12.1 Å². The molecule has 2 aliphatic carbocycles. The van der Waals surface area contributed by atoms with Gasteiger partial charge in [0, 0.05) is 37.8 Å². The minimum atomic E-state index is -0.757. The number of nitrogens with one attached hydrogen (secondary N) is 2. The van der Waals surface area contributed by atoms with E-state index in [-0.39, 0.29) is 51.2 Å². The van der Waals surface area contributed by atoms with E-state index in [1.165, 1.54) is 0 Å². The lowest BCUT2D eigenvalue weighted by Gasteiger charge is -2.44. The zero-order chi connectivity index (χ0) is 39.6. The van der Waals surface area contributed by atoms with E-state index in [1.807, 2.05) is 41.5 Å². The van der Waals surface area contributed by atoms with Crippen LogP contribution in [0.15, 0.2) is 0 Å². The van der Waals surface area contributed by atoms with Crippen molar-refractivity contribution in [3.63, 3.8) is 0 Å². The third-order valence-corrected chi connectivity index (χ3v) is 11.2. The van der Waals surface area contributed by atoms with Crippen LogP contribution in [0.5, 0.6) is 0 Å². The summed E-state index contributed by atoms with van der Waals surface area (Å²) < 4.78 is 0. The van der Waals surface area contributed by atoms with Gasteiger partial charge in [-0.15, -0.1) is 0 Å². The van der Waals surface area contributed by atoms with Gasteiger partial charge in [-0.1, -0.05) is 95.9 Å². The largest absolute Gasteiger partial charge is 0.352 e. The molecule has 0 saturated heterocycles. The van der Waals surface area contributed by atoms with Gasteiger partial charge < -0.3 is 22.1 Å². The van der Waals surface area contributed by atoms with Crippen LogP contribution in [0.4, 0.5) is 9.59 Å². The lowest BCUT2D eigenvalue weighted by Crippen LogP contribution is -2.50. The van der Waals surface area contributed by atoms with Crippen LogP contribution in [-0.2, 0) is 19.2 Å². The molecule has 4 amide bonds. The molecular weight excluding hydrogens is 644 g/mol. The molecule has 0 aromatic rings. The Morgan fingerprint density at radius 1 is 0.569 bits per heavy atom. The third kappa shape index (κ3) is 14.3. The second-order valence-corrected chi connectivity index (χ2v) is 19.9. The number of hydrogen-bond acceptors (Lipinski definition) is 6. The van der Waals surface area contributed by atoms with Gasteiger partial charge in [-0.05, 0) is 79.4 Å². The van der Waals surface area contributed by atoms with Crippen LogP contribution in [0.2, 0.25) is 0 Å². The Labute approximate surface area is 309 Å². The van der Waals surface area contributed by atoms with Crippen molar-refractivity contribution in [1.82, 2.24) is 10.6 Å². The normalized spacial score (nSPS) is 18.0. The Bertz CT molecular complexity index is 1220. The Hall–Kier alpha value is -2.78. The van der Waals surface area contributed by atoms with Crippen LogP contribution in [0.25, 0.3) is 0 Å². The summed E-state index contributed by atoms with van der Waals surface area (Å²) in [6.07, 6.45) is 9.28. The molecule has 2 fully saturated rings. The summed E-state index contributed by atoms with van der Waals surface area (Å²) in [5, 5.41) is 5.20. The molecule has 2 rings (SSSR count). The standard InChI is InChI=1S/C21H38N2O3.C20H36N2O3/c1-19(2,3)14-17(25)21(10-8-11-21)16(24)13-15(20(4,5)6)9-7-12-23-18(22)26;1-18(2,3)14(9-7-12-22-17(21)25)13-15(23)20(10-8-11-20)16(24)19(4,5)6/h15H,7-14H2,1-6H3,(H3,22,23,26);14H,7-13H2,1-6H3,(H3,21,22,25)/t15-;14-/m11/s1. The molecule has 0 aromatic heterocycles. The molecule has 10 nitrogen and oxygen atoms in total. The number of urea groups is 2. The third-order valence-electron chi connectivity index (χ3n) is 11.2. The molecule has 0 radical (unpaired) electrons. The minimum Gasteiger partial charge on any atom is -0.352 e. The van der Waals surface area contributed by atoms with E-state index in [0.717, 1.165) is 38.5 Å². The summed E-state index contributed by atoms with van der Waals surface area (Å²) in [5.41, 5.74) is 8.06. The van der Waals surface area contributed by atoms with Crippen LogP contribution < -0.4 is 22.1 Å². The highest BCUT2D eigenvalue weighted by Gasteiger charge is 2.54. The van der Waals surface area contributed by atoms with Crippen molar-refractivity contribution in [2.24, 2.45) is 55.8 Å². The zero-order valence-electron chi connectivity index (χ0n) is 34.4. The van der Waals surface area contributed by atoms with E-state index in [0.29, 0.717) is 58.0 Å². The van der Waals surface area contributed by atoms with Crippen molar-refractivity contribution in [2.45, 2.75) is 167 Å². The predicted molar refractivity (Wildman–Crippen MR) is 205 cm³/mol. The quantitative estimate of drug-likeness (QED) is 0.0872. The SMILES string of the molecule is CC(C)(C)C(=O)C1(C(=O)C[C@@H](CCCNC(N)=O)C(C)(C)C)CCC1.CC(C)(C)CC(=O)C1(C(=O)C[C@@H](CCCNC(N)=O)C(C)(C)C)CCC1. The summed E-state index contributed by atoms with van der Waals surface area (Å²) in [5.74, 6) is 0.829. The lowest BCUT2D eigenvalue weighted by molar-refractivity contribution is -0.153. The fourth-order valence-electron chi connectivity index (χ4n) is 7.42. The van der Waals surface area contributed by atoms with Crippen molar-refractivity contribution in [2.75, 3.05) is 13.1 Å². The van der Waals surface area contributed by atoms with Crippen LogP contribution in [0.1, 0.15) is 167 Å². The first-order chi connectivity index (χ1) is 23.1. The fraction of sp³-hybridized carbons (Fsp3) is 0.854. The highest BCUT2D eigenvalue weighted by atomic mass is 16.2. The molecular formula is C41H74N4O6. The number of carbonyl (C=O) groups is 6. The van der Waals surface area contributed by atoms with E-state index in [2.05, 4.69) is 52.2 Å². The molecule has 2 atom stereocenters. The van der Waals surface area contributed by atoms with Gasteiger partial charge in [0.15, 0.2) is 5.78 Å². The molecule has 0 aliphatic heterocycles. The molecule has 10 heteroatoms. The predicted octanol–water partition coefficient (Wildman–Crippen LogP) is 8.07. The van der Waals surface area contributed by atoms with Gasteiger partial charge in [0.1, 0.15) is 17.3 Å². The highest BCUT2D eigenvalue weighted by Crippen LogP contribution is 2.50. The molecule has 6 N–H and O–H groups in total. The lowest BCUT2D eigenvalue weighted by atomic mass is 9.56. The van der Waals surface area contributed by atoms with Crippen LogP contribution in [0, 0.1) is 44.3 Å². The van der Waals surface area contributed by atoms with Crippen LogP contribution in [0.3, 0.4) is 0 Å². The number of carbonyl (C=O) groups excluding carboxylic acids is 6. The van der Waals surface area contributed by atoms with E-state index in [1.54, 1.807) is 0 Å². The van der Waals surface area contributed by atoms with Crippen molar-refractivity contribution in [1.29, 1.82) is 0 Å². The van der Waals surface area contributed by atoms with E-state index in [9.17, 15) is 28.8 Å². The van der Waals surface area contributed by atoms with Gasteiger partial charge in [-0.2, -0.15) is 0 Å². The minimum absolute atomic E-state index is 0.0274. The molecule has 0 spiro atoms. The number of ketones is 4. The summed E-state index contributed by atoms with van der Waals surface area (Å²) in [6, 6.07) is -1.04. The van der Waals surface area contributed by atoms with Crippen LogP contribution in [-0.4, -0.2) is 48.3 Å². The monoisotopic (exact) mass is 719 g/mol. The second kappa shape index (κ2) is 18.3. The Morgan fingerprint density at radius 3 is 1.18 bits per heavy atom. The molecule has 2 saturated carbocycles. The van der Waals surface area contributed by atoms with E-state index >= 15 is 0 Å². The molecule has 294 valence electrons. The summed E-state index contributed by atoms with van der Waals surface area (Å²) in [6.45, 7) is 25.7. The summed E-state index contributed by atoms with van der Waals surface area (Å²) >= 11 is 0. The van der Waals surface area contributed by atoms with Gasteiger partial charge in [0.05, 0.1) is 10.8 Å². The summed E-state index contributed by atoms with van der Waals surface area (Å²) in [7, 11) is 0. The number of primary amides is 2. The smallest absolute Gasteiger partial charge is 0.312 e. The van der Waals surface area contributed by atoms with Gasteiger partial charge in [-0.25, -0.2) is 9.59 Å². The molecule has 0 bridgehead atoms. The second-order valence-electron chi connectivity index (χ2n) is 19.9. The van der Waals surface area contributed by atoms with E-state index in [4.69, 9.17) is 11.5 Å². The van der Waals surface area contributed by atoms with Gasteiger partial charge in [0.2, 0.25) is 0 Å². The molecule has 0 aromatic carbocycles. The van der Waals surface area contributed by atoms with Gasteiger partial charge in [-0.3, -0.25) is 19.2 Å². The highest BCUT2D eigenvalue weighted by molar-refractivity contribution is 6.10. The zero-order valence-corrected chi connectivity index (χ0v) is 34.4. The molecule has 2 aliphatic rings. The van der Waals surface area contributed by atoms with Crippen molar-refractivity contribution in [3.05, 3.63) is 0 Å². The first-order valence-corrected chi connectivity index (χ1v) is 19.3. The molecule has 0 heterocycles. The topological polar surface area (TPSA) is 179 Å². The van der Waals surface area contributed by atoms with E-state index < -0.39 is 28.3 Å². The maximum absolute atomic E-state index is 13.2. The number of hydrogen-bond donors (Lipinski definition) is 4. The molecule has 0 unspecified atom stereocenters. The molecule has 51 heavy (non-hydrogen) atoms. The first-order valence-electron chi connectivity index (χ1n) is 19.3. The Kier molecular flexibility index (Phi) is 16.6. The van der Waals surface area contributed by atoms with Crippen molar-refractivity contribution in [3.8, 4) is 0 Å². The van der Waals surface area contributed by atoms with Crippen molar-refractivity contribution >= 4 is 35.2 Å². The maximum Gasteiger partial charge on any atom is 0.312 e. The number of amides is 4. The van der Waals surface area contributed by atoms with Crippen molar-refractivity contribution < 1.29 is 28.8 Å².